The second-order valence-corrected chi connectivity index (χ2v) is 3.58. The van der Waals surface area contributed by atoms with E-state index < -0.39 is 6.04 Å². The lowest BCUT2D eigenvalue weighted by atomic mass is 10.2. The third-order valence-corrected chi connectivity index (χ3v) is 2.14. The molecule has 18 heavy (non-hydrogen) atoms. The molecule has 1 aromatic carbocycles. The van der Waals surface area contributed by atoms with E-state index in [0.29, 0.717) is 23.8 Å². The third-order valence-electron chi connectivity index (χ3n) is 2.14. The molecule has 6 heteroatoms. The summed E-state index contributed by atoms with van der Waals surface area (Å²) in [6.07, 6.45) is 0. The molecule has 0 heterocycles. The molecule has 0 aliphatic rings. The molecule has 0 saturated carbocycles. The molecule has 0 bridgehead atoms. The molecule has 1 amide bonds. The number of nitrogens with one attached hydrogen (secondary N) is 1. The first-order valence-electron chi connectivity index (χ1n) is 5.45. The monoisotopic (exact) mass is 274 g/mol. The molecule has 102 valence electrons. The van der Waals surface area contributed by atoms with Gasteiger partial charge in [0, 0.05) is 11.8 Å². The number of hydrogen-bond donors (Lipinski definition) is 2. The Morgan fingerprint density at radius 2 is 2.11 bits per heavy atom. The molecule has 3 N–H and O–H groups in total. The Bertz CT molecular complexity index is 397. The van der Waals surface area contributed by atoms with Crippen LogP contribution in [0.4, 0.5) is 5.69 Å². The van der Waals surface area contributed by atoms with Gasteiger partial charge in [0.05, 0.1) is 19.8 Å². The second kappa shape index (κ2) is 7.79. The number of anilines is 1. The summed E-state index contributed by atoms with van der Waals surface area (Å²) in [5.41, 5.74) is 6.10. The molecule has 5 nitrogen and oxygen atoms in total. The van der Waals surface area contributed by atoms with Crippen LogP contribution in [0.15, 0.2) is 18.2 Å². The number of benzene rings is 1. The molecule has 0 radical (unpaired) electrons. The van der Waals surface area contributed by atoms with Crippen LogP contribution in [0.3, 0.4) is 0 Å². The lowest BCUT2D eigenvalue weighted by Crippen LogP contribution is -2.32. The minimum absolute atomic E-state index is 0. The summed E-state index contributed by atoms with van der Waals surface area (Å²) in [4.78, 5) is 11.4. The number of hydrogen-bond acceptors (Lipinski definition) is 4. The highest BCUT2D eigenvalue weighted by Gasteiger charge is 2.10. The fourth-order valence-electron chi connectivity index (χ4n) is 1.28. The third kappa shape index (κ3) is 4.43. The van der Waals surface area contributed by atoms with Crippen LogP contribution in [0.25, 0.3) is 0 Å². The number of rotatable bonds is 5. The maximum Gasteiger partial charge on any atom is 0.241 e. The number of methoxy groups -OCH3 is 1. The van der Waals surface area contributed by atoms with Gasteiger partial charge in [-0.1, -0.05) is 0 Å². The molecule has 1 rings (SSSR count). The predicted molar refractivity (Wildman–Crippen MR) is 73.7 cm³/mol. The number of carbonyl (C=O) groups is 1. The van der Waals surface area contributed by atoms with Crippen LogP contribution in [0.1, 0.15) is 13.8 Å². The van der Waals surface area contributed by atoms with Crippen LogP contribution in [0.2, 0.25) is 0 Å². The normalized spacial score (nSPS) is 11.1. The highest BCUT2D eigenvalue weighted by Crippen LogP contribution is 2.30. The Labute approximate surface area is 113 Å². The largest absolute Gasteiger partial charge is 0.493 e. The topological polar surface area (TPSA) is 73.6 Å². The second-order valence-electron chi connectivity index (χ2n) is 3.58. The zero-order valence-electron chi connectivity index (χ0n) is 10.7. The number of halogens is 1. The maximum absolute atomic E-state index is 11.4. The Balaban J connectivity index is 0.00000289. The molecule has 0 aromatic heterocycles. The summed E-state index contributed by atoms with van der Waals surface area (Å²) in [5, 5.41) is 2.69. The van der Waals surface area contributed by atoms with Crippen molar-refractivity contribution in [2.24, 2.45) is 5.73 Å². The summed E-state index contributed by atoms with van der Waals surface area (Å²) in [7, 11) is 1.55. The smallest absolute Gasteiger partial charge is 0.241 e. The van der Waals surface area contributed by atoms with Gasteiger partial charge in [-0.3, -0.25) is 4.79 Å². The van der Waals surface area contributed by atoms with E-state index in [1.165, 1.54) is 0 Å². The minimum atomic E-state index is -0.549. The Morgan fingerprint density at radius 3 is 2.61 bits per heavy atom. The molecule has 1 unspecified atom stereocenters. The molecule has 0 fully saturated rings. The lowest BCUT2D eigenvalue weighted by Gasteiger charge is -2.12. The first-order chi connectivity index (χ1) is 8.08. The van der Waals surface area contributed by atoms with Crippen LogP contribution >= 0.6 is 12.4 Å². The lowest BCUT2D eigenvalue weighted by molar-refractivity contribution is -0.117. The average Bonchev–Trinajstić information content (AvgIpc) is 2.31. The standard InChI is InChI=1S/C12H18N2O3.ClH/c1-4-17-10-6-5-9(7-11(10)16-3)14-12(15)8(2)13;/h5-8H,4,13H2,1-3H3,(H,14,15);1H. The van der Waals surface area contributed by atoms with E-state index >= 15 is 0 Å². The van der Waals surface area contributed by atoms with E-state index in [1.54, 1.807) is 32.2 Å². The minimum Gasteiger partial charge on any atom is -0.493 e. The summed E-state index contributed by atoms with van der Waals surface area (Å²) < 4.78 is 10.5. The Morgan fingerprint density at radius 1 is 1.44 bits per heavy atom. The van der Waals surface area contributed by atoms with Gasteiger partial charge in [0.15, 0.2) is 11.5 Å². The number of ether oxygens (including phenoxy) is 2. The van der Waals surface area contributed by atoms with Gasteiger partial charge >= 0.3 is 0 Å². The van der Waals surface area contributed by atoms with Gasteiger partial charge in [0.25, 0.3) is 0 Å². The molecule has 0 aliphatic heterocycles. The van der Waals surface area contributed by atoms with E-state index in [-0.39, 0.29) is 18.3 Å². The van der Waals surface area contributed by atoms with E-state index in [4.69, 9.17) is 15.2 Å². The summed E-state index contributed by atoms with van der Waals surface area (Å²) >= 11 is 0. The van der Waals surface area contributed by atoms with Gasteiger partial charge in [-0.05, 0) is 26.0 Å². The molecular formula is C12H19ClN2O3. The van der Waals surface area contributed by atoms with Crippen LogP contribution in [0, 0.1) is 0 Å². The molecule has 0 aliphatic carbocycles. The predicted octanol–water partition coefficient (Wildman–Crippen LogP) is 1.80. The van der Waals surface area contributed by atoms with Crippen molar-refractivity contribution in [2.75, 3.05) is 19.0 Å². The van der Waals surface area contributed by atoms with Crippen LogP contribution in [-0.2, 0) is 4.79 Å². The molecule has 0 spiro atoms. The fraction of sp³-hybridized carbons (Fsp3) is 0.417. The summed E-state index contributed by atoms with van der Waals surface area (Å²) in [5.74, 6) is 0.985. The van der Waals surface area contributed by atoms with Gasteiger partial charge in [0.2, 0.25) is 5.91 Å². The zero-order chi connectivity index (χ0) is 12.8. The van der Waals surface area contributed by atoms with Crippen LogP contribution in [-0.4, -0.2) is 25.7 Å². The molecule has 1 atom stereocenters. The van der Waals surface area contributed by atoms with Gasteiger partial charge in [-0.25, -0.2) is 0 Å². The van der Waals surface area contributed by atoms with Gasteiger partial charge in [-0.2, -0.15) is 0 Å². The number of amides is 1. The maximum atomic E-state index is 11.4. The highest BCUT2D eigenvalue weighted by molar-refractivity contribution is 5.94. The van der Waals surface area contributed by atoms with Crippen LogP contribution < -0.4 is 20.5 Å². The van der Waals surface area contributed by atoms with Gasteiger partial charge in [-0.15, -0.1) is 12.4 Å². The van der Waals surface area contributed by atoms with E-state index in [9.17, 15) is 4.79 Å². The van der Waals surface area contributed by atoms with Gasteiger partial charge < -0.3 is 20.5 Å². The Hall–Kier alpha value is -1.46. The van der Waals surface area contributed by atoms with E-state index in [0.717, 1.165) is 0 Å². The Kier molecular flexibility index (Phi) is 7.16. The van der Waals surface area contributed by atoms with Crippen molar-refractivity contribution in [3.05, 3.63) is 18.2 Å². The summed E-state index contributed by atoms with van der Waals surface area (Å²) in [6.45, 7) is 4.08. The highest BCUT2D eigenvalue weighted by atomic mass is 35.5. The molecular weight excluding hydrogens is 256 g/mol. The zero-order valence-corrected chi connectivity index (χ0v) is 11.5. The first kappa shape index (κ1) is 16.5. The van der Waals surface area contributed by atoms with Crippen molar-refractivity contribution < 1.29 is 14.3 Å². The van der Waals surface area contributed by atoms with Crippen molar-refractivity contribution in [3.8, 4) is 11.5 Å². The van der Waals surface area contributed by atoms with Crippen molar-refractivity contribution in [1.29, 1.82) is 0 Å². The van der Waals surface area contributed by atoms with Crippen molar-refractivity contribution in [2.45, 2.75) is 19.9 Å². The number of nitrogens with two attached hydrogens (primary N) is 1. The summed E-state index contributed by atoms with van der Waals surface area (Å²) in [6, 6.07) is 4.64. The first-order valence-corrected chi connectivity index (χ1v) is 5.45. The van der Waals surface area contributed by atoms with Crippen molar-refractivity contribution in [1.82, 2.24) is 0 Å². The van der Waals surface area contributed by atoms with Crippen LogP contribution in [0.5, 0.6) is 11.5 Å². The average molecular weight is 275 g/mol. The SMILES string of the molecule is CCOc1ccc(NC(=O)C(C)N)cc1OC.Cl. The van der Waals surface area contributed by atoms with Crippen molar-refractivity contribution >= 4 is 24.0 Å². The van der Waals surface area contributed by atoms with E-state index in [2.05, 4.69) is 5.32 Å². The quantitative estimate of drug-likeness (QED) is 0.859. The number of carbonyl (C=O) groups excluding carboxylic acids is 1. The van der Waals surface area contributed by atoms with Gasteiger partial charge in [0.1, 0.15) is 0 Å². The van der Waals surface area contributed by atoms with E-state index in [1.807, 2.05) is 6.92 Å². The van der Waals surface area contributed by atoms with Crippen molar-refractivity contribution in [3.63, 3.8) is 0 Å². The molecule has 1 aromatic rings. The fourth-order valence-corrected chi connectivity index (χ4v) is 1.28. The molecule has 0 saturated heterocycles.